The van der Waals surface area contributed by atoms with Crippen LogP contribution in [-0.4, -0.2) is 27.0 Å². The van der Waals surface area contributed by atoms with Gasteiger partial charge in [0.05, 0.1) is 10.9 Å². The fraction of sp³-hybridized carbons (Fsp3) is 0.500. The lowest BCUT2D eigenvalue weighted by Gasteiger charge is -2.22. The first kappa shape index (κ1) is 25.2. The van der Waals surface area contributed by atoms with E-state index in [1.807, 2.05) is 13.8 Å². The summed E-state index contributed by atoms with van der Waals surface area (Å²) in [5.74, 6) is 0.270. The summed E-state index contributed by atoms with van der Waals surface area (Å²) in [7, 11) is -3.57. The third-order valence-corrected chi connectivity index (χ3v) is 7.99. The summed E-state index contributed by atoms with van der Waals surface area (Å²) >= 11 is 0. The number of hydrogen-bond donors (Lipinski definition) is 2. The molecule has 0 heterocycles. The maximum absolute atomic E-state index is 12.7. The number of hydrogen-bond acceptors (Lipinski definition) is 4. The minimum atomic E-state index is -3.57. The summed E-state index contributed by atoms with van der Waals surface area (Å²) in [6, 6.07) is 8.86. The zero-order valence-electron chi connectivity index (χ0n) is 20.3. The second kappa shape index (κ2) is 10.7. The molecule has 1 aliphatic rings. The number of ether oxygens (including phenoxy) is 1. The molecule has 0 saturated heterocycles. The van der Waals surface area contributed by atoms with Gasteiger partial charge in [-0.15, -0.1) is 0 Å². The Labute approximate surface area is 198 Å². The van der Waals surface area contributed by atoms with Crippen LogP contribution in [0.4, 0.5) is 0 Å². The molecule has 6 nitrogen and oxygen atoms in total. The van der Waals surface area contributed by atoms with Crippen molar-refractivity contribution in [2.24, 2.45) is 0 Å². The molecule has 33 heavy (non-hydrogen) atoms. The van der Waals surface area contributed by atoms with Gasteiger partial charge in [-0.2, -0.15) is 0 Å². The number of carbonyl (C=O) groups excluding carboxylic acids is 1. The zero-order chi connectivity index (χ0) is 24.2. The Morgan fingerprint density at radius 2 is 1.64 bits per heavy atom. The van der Waals surface area contributed by atoms with E-state index in [4.69, 9.17) is 4.74 Å². The molecule has 180 valence electrons. The Morgan fingerprint density at radius 1 is 0.970 bits per heavy atom. The topological polar surface area (TPSA) is 84.5 Å². The zero-order valence-corrected chi connectivity index (χ0v) is 21.1. The van der Waals surface area contributed by atoms with Crippen molar-refractivity contribution in [1.82, 2.24) is 10.0 Å². The van der Waals surface area contributed by atoms with Gasteiger partial charge in [0.2, 0.25) is 10.0 Å². The van der Waals surface area contributed by atoms with Gasteiger partial charge in [0, 0.05) is 6.04 Å². The average molecular weight is 473 g/mol. The van der Waals surface area contributed by atoms with Gasteiger partial charge in [0.25, 0.3) is 5.91 Å². The van der Waals surface area contributed by atoms with E-state index in [0.717, 1.165) is 36.8 Å². The maximum Gasteiger partial charge on any atom is 0.258 e. The summed E-state index contributed by atoms with van der Waals surface area (Å²) in [5, 5.41) is 2.98. The van der Waals surface area contributed by atoms with E-state index in [1.165, 1.54) is 23.6 Å². The number of sulfonamides is 1. The molecular weight excluding hydrogens is 436 g/mol. The van der Waals surface area contributed by atoms with E-state index in [2.05, 4.69) is 36.0 Å². The van der Waals surface area contributed by atoms with Gasteiger partial charge in [-0.1, -0.05) is 31.4 Å². The molecule has 0 bridgehead atoms. The van der Waals surface area contributed by atoms with Gasteiger partial charge in [0.15, 0.2) is 6.61 Å². The molecular formula is C26H36N2O4S. The predicted octanol–water partition coefficient (Wildman–Crippen LogP) is 4.79. The third-order valence-electron chi connectivity index (χ3n) is 6.47. The van der Waals surface area contributed by atoms with Crippen LogP contribution in [0.1, 0.15) is 72.9 Å². The van der Waals surface area contributed by atoms with Gasteiger partial charge in [-0.25, -0.2) is 13.1 Å². The third kappa shape index (κ3) is 6.58. The first-order chi connectivity index (χ1) is 15.6. The smallest absolute Gasteiger partial charge is 0.258 e. The summed E-state index contributed by atoms with van der Waals surface area (Å²) < 4.78 is 34.0. The lowest BCUT2D eigenvalue weighted by Crippen LogP contribution is -2.36. The highest BCUT2D eigenvalue weighted by Gasteiger charge is 2.22. The highest BCUT2D eigenvalue weighted by Crippen LogP contribution is 2.25. The van der Waals surface area contributed by atoms with Crippen molar-refractivity contribution in [2.45, 2.75) is 83.7 Å². The van der Waals surface area contributed by atoms with E-state index in [1.54, 1.807) is 19.1 Å². The van der Waals surface area contributed by atoms with Gasteiger partial charge in [-0.3, -0.25) is 4.79 Å². The SMILES string of the molecule is Cc1cc(C)c([C@H](C)NC(=O)COc2ccc(S(=O)(=O)NC3CCCCC3)cc2C)cc1C. The Kier molecular flexibility index (Phi) is 8.19. The molecule has 1 atom stereocenters. The normalized spacial score (nSPS) is 15.8. The van der Waals surface area contributed by atoms with Crippen molar-refractivity contribution < 1.29 is 17.9 Å². The van der Waals surface area contributed by atoms with Gasteiger partial charge in [0.1, 0.15) is 5.75 Å². The van der Waals surface area contributed by atoms with Crippen molar-refractivity contribution >= 4 is 15.9 Å². The molecule has 0 unspecified atom stereocenters. The van der Waals surface area contributed by atoms with Gasteiger partial charge >= 0.3 is 0 Å². The molecule has 2 aromatic carbocycles. The molecule has 2 N–H and O–H groups in total. The standard InChI is InChI=1S/C26H36N2O4S/c1-17-13-19(3)24(15-18(17)2)21(5)27-26(29)16-32-25-12-11-23(14-20(25)4)33(30,31)28-22-9-7-6-8-10-22/h11-15,21-22,28H,6-10,16H2,1-5H3,(H,27,29)/t21-/m0/s1. The Morgan fingerprint density at radius 3 is 2.30 bits per heavy atom. The molecule has 0 aromatic heterocycles. The first-order valence-electron chi connectivity index (χ1n) is 11.7. The minimum absolute atomic E-state index is 0.00613. The van der Waals surface area contributed by atoms with Crippen LogP contribution in [0.3, 0.4) is 0 Å². The summed E-state index contributed by atoms with van der Waals surface area (Å²) in [6.07, 6.45) is 5.05. The van der Waals surface area contributed by atoms with Crippen LogP contribution in [0.2, 0.25) is 0 Å². The number of amides is 1. The summed E-state index contributed by atoms with van der Waals surface area (Å²) in [6.45, 7) is 9.79. The molecule has 3 rings (SSSR count). The van der Waals surface area contributed by atoms with Crippen LogP contribution in [0.5, 0.6) is 5.75 Å². The Bertz CT molecular complexity index is 1110. The van der Waals surface area contributed by atoms with Crippen molar-refractivity contribution in [2.75, 3.05) is 6.61 Å². The molecule has 0 spiro atoms. The van der Waals surface area contributed by atoms with E-state index in [0.29, 0.717) is 11.3 Å². The molecule has 0 radical (unpaired) electrons. The van der Waals surface area contributed by atoms with E-state index >= 15 is 0 Å². The highest BCUT2D eigenvalue weighted by molar-refractivity contribution is 7.89. The quantitative estimate of drug-likeness (QED) is 0.579. The Hall–Kier alpha value is -2.38. The monoisotopic (exact) mass is 472 g/mol. The minimum Gasteiger partial charge on any atom is -0.484 e. The molecule has 0 aliphatic heterocycles. The fourth-order valence-electron chi connectivity index (χ4n) is 4.41. The molecule has 7 heteroatoms. The van der Waals surface area contributed by atoms with E-state index < -0.39 is 10.0 Å². The summed E-state index contributed by atoms with van der Waals surface area (Å²) in [4.78, 5) is 12.7. The van der Waals surface area contributed by atoms with Crippen molar-refractivity contribution in [1.29, 1.82) is 0 Å². The maximum atomic E-state index is 12.7. The first-order valence-corrected chi connectivity index (χ1v) is 13.2. The lowest BCUT2D eigenvalue weighted by atomic mass is 9.96. The van der Waals surface area contributed by atoms with Crippen LogP contribution >= 0.6 is 0 Å². The van der Waals surface area contributed by atoms with Crippen LogP contribution < -0.4 is 14.8 Å². The average Bonchev–Trinajstić information content (AvgIpc) is 2.75. The number of benzene rings is 2. The van der Waals surface area contributed by atoms with Crippen LogP contribution in [0, 0.1) is 27.7 Å². The fourth-order valence-corrected chi connectivity index (χ4v) is 5.80. The second-order valence-corrected chi connectivity index (χ2v) is 11.0. The van der Waals surface area contributed by atoms with Gasteiger partial charge < -0.3 is 10.1 Å². The number of nitrogens with one attached hydrogen (secondary N) is 2. The van der Waals surface area contributed by atoms with Crippen LogP contribution in [0.25, 0.3) is 0 Å². The molecule has 2 aromatic rings. The van der Waals surface area contributed by atoms with Crippen molar-refractivity contribution in [3.05, 3.63) is 58.1 Å². The molecule has 1 amide bonds. The highest BCUT2D eigenvalue weighted by atomic mass is 32.2. The van der Waals surface area contributed by atoms with Crippen molar-refractivity contribution in [3.8, 4) is 5.75 Å². The van der Waals surface area contributed by atoms with Gasteiger partial charge in [-0.05, 0) is 93.5 Å². The Balaban J connectivity index is 1.59. The van der Waals surface area contributed by atoms with Crippen LogP contribution in [0.15, 0.2) is 35.2 Å². The van der Waals surface area contributed by atoms with Crippen molar-refractivity contribution in [3.63, 3.8) is 0 Å². The van der Waals surface area contributed by atoms with Crippen LogP contribution in [-0.2, 0) is 14.8 Å². The molecule has 1 fully saturated rings. The number of aryl methyl sites for hydroxylation is 4. The summed E-state index contributed by atoms with van der Waals surface area (Å²) in [5.41, 5.74) is 5.32. The molecule has 1 saturated carbocycles. The lowest BCUT2D eigenvalue weighted by molar-refractivity contribution is -0.123. The number of carbonyl (C=O) groups is 1. The van der Waals surface area contributed by atoms with E-state index in [9.17, 15) is 13.2 Å². The van der Waals surface area contributed by atoms with E-state index in [-0.39, 0.29) is 29.5 Å². The largest absolute Gasteiger partial charge is 0.484 e. The predicted molar refractivity (Wildman–Crippen MR) is 131 cm³/mol. The molecule has 1 aliphatic carbocycles. The number of rotatable bonds is 8. The second-order valence-electron chi connectivity index (χ2n) is 9.25.